The molecule has 1 heterocycles. The van der Waals surface area contributed by atoms with Gasteiger partial charge in [-0.15, -0.1) is 0 Å². The maximum absolute atomic E-state index is 5.67. The van der Waals surface area contributed by atoms with Crippen LogP contribution >= 0.6 is 12.2 Å². The van der Waals surface area contributed by atoms with Crippen LogP contribution in [0.15, 0.2) is 18.3 Å². The van der Waals surface area contributed by atoms with E-state index in [9.17, 15) is 0 Å². The fourth-order valence-electron chi connectivity index (χ4n) is 2.77. The molecule has 3 N–H and O–H groups in total. The molecule has 3 nitrogen and oxygen atoms in total. The van der Waals surface area contributed by atoms with Crippen molar-refractivity contribution in [3.05, 3.63) is 24.0 Å². The number of hydrogen-bond acceptors (Lipinski definition) is 3. The van der Waals surface area contributed by atoms with Crippen molar-refractivity contribution >= 4 is 22.9 Å². The molecule has 1 aliphatic carbocycles. The van der Waals surface area contributed by atoms with Crippen molar-refractivity contribution in [2.75, 3.05) is 11.9 Å². The Bertz CT molecular complexity index is 425. The van der Waals surface area contributed by atoms with Crippen LogP contribution < -0.4 is 11.1 Å². The molecule has 1 aromatic heterocycles. The lowest BCUT2D eigenvalue weighted by Crippen LogP contribution is -2.18. The van der Waals surface area contributed by atoms with Crippen molar-refractivity contribution in [1.29, 1.82) is 0 Å². The van der Waals surface area contributed by atoms with Crippen LogP contribution in [0, 0.1) is 11.8 Å². The topological polar surface area (TPSA) is 50.9 Å². The number of rotatable bonds is 5. The van der Waals surface area contributed by atoms with Crippen LogP contribution in [0.3, 0.4) is 0 Å². The third-order valence-corrected chi connectivity index (χ3v) is 4.24. The van der Waals surface area contributed by atoms with Crippen LogP contribution in [0.25, 0.3) is 0 Å². The highest BCUT2D eigenvalue weighted by Crippen LogP contribution is 2.30. The van der Waals surface area contributed by atoms with Gasteiger partial charge >= 0.3 is 0 Å². The molecule has 0 saturated heterocycles. The maximum atomic E-state index is 5.67. The third kappa shape index (κ3) is 4.16. The molecule has 2 rings (SSSR count). The molecule has 1 aromatic rings. The normalized spacial score (nSPS) is 23.0. The summed E-state index contributed by atoms with van der Waals surface area (Å²) in [7, 11) is 0. The van der Waals surface area contributed by atoms with E-state index in [0.29, 0.717) is 10.7 Å². The van der Waals surface area contributed by atoms with Crippen molar-refractivity contribution in [2.45, 2.75) is 39.0 Å². The fourth-order valence-corrected chi connectivity index (χ4v) is 2.94. The summed E-state index contributed by atoms with van der Waals surface area (Å²) in [6.07, 6.45) is 8.46. The van der Waals surface area contributed by atoms with Crippen LogP contribution in [0.4, 0.5) is 5.69 Å². The minimum absolute atomic E-state index is 0.356. The molecule has 0 unspecified atom stereocenters. The SMILES string of the molecule is CC1CCC(CCNc2cccnc2C(N)=S)CC1. The largest absolute Gasteiger partial charge is 0.388 e. The van der Waals surface area contributed by atoms with Gasteiger partial charge in [0.15, 0.2) is 0 Å². The summed E-state index contributed by atoms with van der Waals surface area (Å²) in [5.74, 6) is 1.79. The second-order valence-corrected chi connectivity index (χ2v) is 6.04. The van der Waals surface area contributed by atoms with E-state index in [1.165, 1.54) is 32.1 Å². The van der Waals surface area contributed by atoms with Gasteiger partial charge in [0, 0.05) is 12.7 Å². The highest BCUT2D eigenvalue weighted by Gasteiger charge is 2.17. The van der Waals surface area contributed by atoms with Crippen LogP contribution in [-0.2, 0) is 0 Å². The molecular weight excluding hydrogens is 254 g/mol. The zero-order valence-electron chi connectivity index (χ0n) is 11.6. The van der Waals surface area contributed by atoms with E-state index in [-0.39, 0.29) is 0 Å². The number of nitrogens with two attached hydrogens (primary N) is 1. The molecule has 1 fully saturated rings. The molecule has 104 valence electrons. The summed E-state index contributed by atoms with van der Waals surface area (Å²) >= 11 is 5.01. The lowest BCUT2D eigenvalue weighted by atomic mass is 9.81. The first-order chi connectivity index (χ1) is 9.16. The van der Waals surface area contributed by atoms with E-state index >= 15 is 0 Å². The zero-order chi connectivity index (χ0) is 13.7. The maximum Gasteiger partial charge on any atom is 0.124 e. The molecule has 1 aliphatic rings. The smallest absolute Gasteiger partial charge is 0.124 e. The monoisotopic (exact) mass is 277 g/mol. The Morgan fingerprint density at radius 2 is 2.16 bits per heavy atom. The summed E-state index contributed by atoms with van der Waals surface area (Å²) in [6, 6.07) is 3.90. The van der Waals surface area contributed by atoms with E-state index in [4.69, 9.17) is 18.0 Å². The lowest BCUT2D eigenvalue weighted by Gasteiger charge is -2.26. The molecule has 0 amide bonds. The number of thiocarbonyl (C=S) groups is 1. The van der Waals surface area contributed by atoms with Crippen LogP contribution in [-0.4, -0.2) is 16.5 Å². The Morgan fingerprint density at radius 3 is 2.84 bits per heavy atom. The lowest BCUT2D eigenvalue weighted by molar-refractivity contribution is 0.282. The number of aromatic nitrogens is 1. The van der Waals surface area contributed by atoms with Gasteiger partial charge in [-0.05, 0) is 30.4 Å². The molecule has 0 aliphatic heterocycles. The Hall–Kier alpha value is -1.16. The molecule has 0 aromatic carbocycles. The molecule has 19 heavy (non-hydrogen) atoms. The first kappa shape index (κ1) is 14.3. The van der Waals surface area contributed by atoms with Gasteiger partial charge in [0.05, 0.1) is 5.69 Å². The molecule has 0 spiro atoms. The van der Waals surface area contributed by atoms with Gasteiger partial charge in [0.2, 0.25) is 0 Å². The number of anilines is 1. The number of hydrogen-bond donors (Lipinski definition) is 2. The second kappa shape index (κ2) is 6.85. The molecular formula is C15H23N3S. The van der Waals surface area contributed by atoms with Crippen molar-refractivity contribution < 1.29 is 0 Å². The predicted octanol–water partition coefficient (Wildman–Crippen LogP) is 3.34. The quantitative estimate of drug-likeness (QED) is 0.810. The van der Waals surface area contributed by atoms with Gasteiger partial charge in [-0.25, -0.2) is 0 Å². The summed E-state index contributed by atoms with van der Waals surface area (Å²) in [6.45, 7) is 3.33. The van der Waals surface area contributed by atoms with Gasteiger partial charge in [-0.3, -0.25) is 4.98 Å². The van der Waals surface area contributed by atoms with Gasteiger partial charge in [0.25, 0.3) is 0 Å². The van der Waals surface area contributed by atoms with Crippen molar-refractivity contribution in [1.82, 2.24) is 4.98 Å². The summed E-state index contributed by atoms with van der Waals surface area (Å²) in [4.78, 5) is 4.58. The van der Waals surface area contributed by atoms with E-state index in [2.05, 4.69) is 17.2 Å². The molecule has 0 bridgehead atoms. The Labute approximate surface area is 121 Å². The molecule has 4 heteroatoms. The van der Waals surface area contributed by atoms with Crippen LogP contribution in [0.1, 0.15) is 44.7 Å². The minimum Gasteiger partial charge on any atom is -0.388 e. The van der Waals surface area contributed by atoms with Crippen LogP contribution in [0.5, 0.6) is 0 Å². The van der Waals surface area contributed by atoms with Crippen LogP contribution in [0.2, 0.25) is 0 Å². The van der Waals surface area contributed by atoms with Gasteiger partial charge in [-0.1, -0.05) is 44.8 Å². The Kier molecular flexibility index (Phi) is 5.14. The van der Waals surface area contributed by atoms with Gasteiger partial charge in [-0.2, -0.15) is 0 Å². The number of nitrogens with one attached hydrogen (secondary N) is 1. The number of pyridine rings is 1. The molecule has 0 radical (unpaired) electrons. The van der Waals surface area contributed by atoms with E-state index < -0.39 is 0 Å². The molecule has 0 atom stereocenters. The summed E-state index contributed by atoms with van der Waals surface area (Å²) in [5.41, 5.74) is 7.33. The highest BCUT2D eigenvalue weighted by molar-refractivity contribution is 7.80. The predicted molar refractivity (Wildman–Crippen MR) is 84.4 cm³/mol. The van der Waals surface area contributed by atoms with Crippen molar-refractivity contribution in [3.63, 3.8) is 0 Å². The van der Waals surface area contributed by atoms with Gasteiger partial charge in [0.1, 0.15) is 10.7 Å². The standard InChI is InChI=1S/C15H23N3S/c1-11-4-6-12(7-5-11)8-10-17-13-3-2-9-18-14(13)15(16)19/h2-3,9,11-12,17H,4-8,10H2,1H3,(H2,16,19). The highest BCUT2D eigenvalue weighted by atomic mass is 32.1. The Morgan fingerprint density at radius 1 is 1.42 bits per heavy atom. The minimum atomic E-state index is 0.356. The first-order valence-corrected chi connectivity index (χ1v) is 7.56. The van der Waals surface area contributed by atoms with E-state index in [1.807, 2.05) is 12.1 Å². The molecule has 1 saturated carbocycles. The van der Waals surface area contributed by atoms with E-state index in [0.717, 1.165) is 24.1 Å². The summed E-state index contributed by atoms with van der Waals surface area (Å²) in [5, 5.41) is 3.42. The zero-order valence-corrected chi connectivity index (χ0v) is 12.4. The second-order valence-electron chi connectivity index (χ2n) is 5.61. The first-order valence-electron chi connectivity index (χ1n) is 7.15. The Balaban J connectivity index is 1.81. The van der Waals surface area contributed by atoms with Gasteiger partial charge < -0.3 is 11.1 Å². The fraction of sp³-hybridized carbons (Fsp3) is 0.600. The third-order valence-electron chi connectivity index (χ3n) is 4.04. The average Bonchev–Trinajstić information content (AvgIpc) is 2.41. The summed E-state index contributed by atoms with van der Waals surface area (Å²) < 4.78 is 0. The average molecular weight is 277 g/mol. The van der Waals surface area contributed by atoms with E-state index in [1.54, 1.807) is 6.20 Å². The van der Waals surface area contributed by atoms with Crippen molar-refractivity contribution in [2.24, 2.45) is 17.6 Å². The van der Waals surface area contributed by atoms with Crippen molar-refractivity contribution in [3.8, 4) is 0 Å². The number of nitrogens with zero attached hydrogens (tertiary/aromatic N) is 1.